The molecule has 4 rings (SSSR count). The fraction of sp³-hybridized carbons (Fsp3) is 0.208. The van der Waals surface area contributed by atoms with Gasteiger partial charge in [-0.15, -0.1) is 0 Å². The van der Waals surface area contributed by atoms with Crippen molar-refractivity contribution in [1.29, 1.82) is 0 Å². The lowest BCUT2D eigenvalue weighted by atomic mass is 9.60. The highest BCUT2D eigenvalue weighted by atomic mass is 16.5. The van der Waals surface area contributed by atoms with E-state index in [1.807, 2.05) is 0 Å². The summed E-state index contributed by atoms with van der Waals surface area (Å²) in [5, 5.41) is 0. The maximum atomic E-state index is 5.70. The maximum Gasteiger partial charge on any atom is 0.137 e. The van der Waals surface area contributed by atoms with Crippen molar-refractivity contribution < 1.29 is 4.74 Å². The van der Waals surface area contributed by atoms with Gasteiger partial charge in [0.2, 0.25) is 0 Å². The van der Waals surface area contributed by atoms with Crippen molar-refractivity contribution in [1.82, 2.24) is 0 Å². The molecule has 0 amide bonds. The second kappa shape index (κ2) is 7.25. The first-order valence-corrected chi connectivity index (χ1v) is 8.96. The van der Waals surface area contributed by atoms with E-state index in [4.69, 9.17) is 4.74 Å². The first kappa shape index (κ1) is 16.1. The Morgan fingerprint density at radius 2 is 1.12 bits per heavy atom. The molecule has 0 aromatic heterocycles. The Kier molecular flexibility index (Phi) is 4.67. The summed E-state index contributed by atoms with van der Waals surface area (Å²) < 4.78 is 5.70. The Bertz CT molecular complexity index is 677. The van der Waals surface area contributed by atoms with Crippen LogP contribution < -0.4 is 0 Å². The van der Waals surface area contributed by atoms with Crippen molar-refractivity contribution in [2.24, 2.45) is 5.92 Å². The average Bonchev–Trinajstić information content (AvgIpc) is 2.72. The minimum atomic E-state index is -0.287. The Labute approximate surface area is 150 Å². The summed E-state index contributed by atoms with van der Waals surface area (Å²) in [6.45, 7) is 4.12. The Balaban J connectivity index is 2.01. The van der Waals surface area contributed by atoms with E-state index in [0.29, 0.717) is 0 Å². The zero-order valence-corrected chi connectivity index (χ0v) is 14.3. The highest BCUT2D eigenvalue weighted by Gasteiger charge is 2.44. The summed E-state index contributed by atoms with van der Waals surface area (Å²) in [5.41, 5.74) is 3.57. The number of ether oxygens (including phenoxy) is 1. The van der Waals surface area contributed by atoms with Crippen LogP contribution in [0.2, 0.25) is 0 Å². The minimum absolute atomic E-state index is 0.174. The zero-order valence-electron chi connectivity index (χ0n) is 14.3. The van der Waals surface area contributed by atoms with Crippen molar-refractivity contribution in [2.45, 2.75) is 18.3 Å². The minimum Gasteiger partial charge on any atom is -0.368 e. The molecule has 124 valence electrons. The van der Waals surface area contributed by atoms with Crippen molar-refractivity contribution >= 4 is 0 Å². The molecule has 1 heteroatoms. The fourth-order valence-corrected chi connectivity index (χ4v) is 4.09. The van der Waals surface area contributed by atoms with Crippen molar-refractivity contribution in [3.05, 3.63) is 114 Å². The number of hydrogen-bond acceptors (Lipinski definition) is 1. The summed E-state index contributed by atoms with van der Waals surface area (Å²) in [6.07, 6.45) is 2.13. The quantitative estimate of drug-likeness (QED) is 0.576. The van der Waals surface area contributed by atoms with Gasteiger partial charge in [-0.05, 0) is 29.5 Å². The van der Waals surface area contributed by atoms with Crippen molar-refractivity contribution in [3.8, 4) is 0 Å². The van der Waals surface area contributed by atoms with E-state index in [0.717, 1.165) is 19.4 Å². The lowest BCUT2D eigenvalue weighted by Crippen LogP contribution is -2.40. The third kappa shape index (κ3) is 2.89. The lowest BCUT2D eigenvalue weighted by Gasteiger charge is -2.43. The molecule has 0 aliphatic carbocycles. The molecule has 1 unspecified atom stereocenters. The molecule has 2 radical (unpaired) electrons. The third-order valence-electron chi connectivity index (χ3n) is 5.17. The maximum absolute atomic E-state index is 5.70. The molecule has 0 spiro atoms. The molecule has 3 aromatic carbocycles. The molecule has 1 saturated heterocycles. The van der Waals surface area contributed by atoms with E-state index in [2.05, 4.69) is 97.6 Å². The van der Waals surface area contributed by atoms with Gasteiger partial charge in [-0.1, -0.05) is 91.0 Å². The summed E-state index contributed by atoms with van der Waals surface area (Å²) in [7, 11) is 0. The largest absolute Gasteiger partial charge is 0.368 e. The number of rotatable bonds is 4. The van der Waals surface area contributed by atoms with E-state index in [9.17, 15) is 0 Å². The van der Waals surface area contributed by atoms with Gasteiger partial charge >= 0.3 is 0 Å². The topological polar surface area (TPSA) is 9.23 Å². The molecule has 1 nitrogen and oxygen atoms in total. The smallest absolute Gasteiger partial charge is 0.137 e. The number of benzene rings is 3. The predicted molar refractivity (Wildman–Crippen MR) is 101 cm³/mol. The second-order valence-electron chi connectivity index (χ2n) is 6.57. The van der Waals surface area contributed by atoms with Gasteiger partial charge in [-0.25, -0.2) is 0 Å². The molecule has 0 bridgehead atoms. The second-order valence-corrected chi connectivity index (χ2v) is 6.57. The van der Waals surface area contributed by atoms with Crippen LogP contribution in [0.3, 0.4) is 0 Å². The van der Waals surface area contributed by atoms with Crippen LogP contribution in [0.15, 0.2) is 91.0 Å². The van der Waals surface area contributed by atoms with Crippen LogP contribution >= 0.6 is 0 Å². The zero-order chi connectivity index (χ0) is 17.0. The van der Waals surface area contributed by atoms with Crippen LogP contribution in [-0.2, 0) is 10.2 Å². The number of hydrogen-bond donors (Lipinski definition) is 0. The van der Waals surface area contributed by atoms with Gasteiger partial charge in [0, 0.05) is 12.5 Å². The van der Waals surface area contributed by atoms with Crippen LogP contribution in [0.25, 0.3) is 0 Å². The highest BCUT2D eigenvalue weighted by Crippen LogP contribution is 2.48. The van der Waals surface area contributed by atoms with Gasteiger partial charge < -0.3 is 4.74 Å². The molecule has 3 aromatic rings. The molecular weight excluding hydrogens is 304 g/mol. The van der Waals surface area contributed by atoms with E-state index in [-0.39, 0.29) is 11.3 Å². The van der Waals surface area contributed by atoms with E-state index in [1.165, 1.54) is 16.7 Å². The van der Waals surface area contributed by atoms with Crippen LogP contribution in [0, 0.1) is 12.5 Å². The Morgan fingerprint density at radius 1 is 0.680 bits per heavy atom. The van der Waals surface area contributed by atoms with Crippen LogP contribution in [0.4, 0.5) is 0 Å². The van der Waals surface area contributed by atoms with Gasteiger partial charge in [-0.3, -0.25) is 0 Å². The normalized spacial score (nSPS) is 18.0. The molecule has 1 atom stereocenters. The predicted octanol–water partition coefficient (Wildman–Crippen LogP) is 5.49. The molecule has 1 aliphatic heterocycles. The molecule has 1 aliphatic rings. The molecule has 0 saturated carbocycles. The van der Waals surface area contributed by atoms with Gasteiger partial charge in [0.25, 0.3) is 0 Å². The molecule has 25 heavy (non-hydrogen) atoms. The van der Waals surface area contributed by atoms with Gasteiger partial charge in [0.1, 0.15) is 6.61 Å². The first-order chi connectivity index (χ1) is 12.4. The van der Waals surface area contributed by atoms with Crippen molar-refractivity contribution in [2.75, 3.05) is 6.61 Å². The van der Waals surface area contributed by atoms with Crippen LogP contribution in [0.1, 0.15) is 29.5 Å². The summed E-state index contributed by atoms with van der Waals surface area (Å²) in [6, 6.07) is 32.4. The third-order valence-corrected chi connectivity index (χ3v) is 5.17. The van der Waals surface area contributed by atoms with Crippen LogP contribution in [0.5, 0.6) is 0 Å². The van der Waals surface area contributed by atoms with E-state index >= 15 is 0 Å². The Morgan fingerprint density at radius 3 is 1.48 bits per heavy atom. The fourth-order valence-electron chi connectivity index (χ4n) is 4.09. The van der Waals surface area contributed by atoms with E-state index < -0.39 is 0 Å². The molecule has 1 fully saturated rings. The van der Waals surface area contributed by atoms with E-state index in [1.54, 1.807) is 0 Å². The Hall–Kier alpha value is -2.38. The first-order valence-electron chi connectivity index (χ1n) is 8.96. The summed E-state index contributed by atoms with van der Waals surface area (Å²) in [5.74, 6) is 0.174. The van der Waals surface area contributed by atoms with Crippen LogP contribution in [-0.4, -0.2) is 6.61 Å². The van der Waals surface area contributed by atoms with Gasteiger partial charge in [-0.2, -0.15) is 0 Å². The summed E-state index contributed by atoms with van der Waals surface area (Å²) in [4.78, 5) is 0. The van der Waals surface area contributed by atoms with Crippen molar-refractivity contribution in [3.63, 3.8) is 0 Å². The molecule has 0 N–H and O–H groups in total. The van der Waals surface area contributed by atoms with Gasteiger partial charge in [0.15, 0.2) is 0 Å². The average molecular weight is 326 g/mol. The SMILES string of the molecule is [C]1OCCCC1C(c1ccccc1)(c1ccccc1)c1ccccc1. The molecule has 1 heterocycles. The van der Waals surface area contributed by atoms with Gasteiger partial charge in [0.05, 0.1) is 5.41 Å². The molecular formula is C24H22O. The standard InChI is InChI=1S/C24H22O/c1-4-11-20(12-5-1)24(21-13-6-2-7-14-21,22-15-8-3-9-16-22)23-17-10-18-25-19-23/h1-9,11-16,23H,10,17-18H2. The highest BCUT2D eigenvalue weighted by molar-refractivity contribution is 5.51. The monoisotopic (exact) mass is 326 g/mol. The summed E-state index contributed by atoms with van der Waals surface area (Å²) >= 11 is 0. The lowest BCUT2D eigenvalue weighted by molar-refractivity contribution is 0.0955.